The molecule has 0 aliphatic rings. The standard InChI is InChI=1S/C22H20N2O4/c25-22(16-28-21-14-8-7-13-20(21)24(26)27)23-15-19(17-9-3-1-4-10-17)18-11-5-2-6-12-18/h1-14,19H,15-16H2,(H,23,25). The molecule has 3 aromatic carbocycles. The molecule has 3 aromatic rings. The predicted molar refractivity (Wildman–Crippen MR) is 106 cm³/mol. The van der Waals surface area contributed by atoms with Gasteiger partial charge in [0.15, 0.2) is 12.4 Å². The van der Waals surface area contributed by atoms with E-state index in [4.69, 9.17) is 4.74 Å². The van der Waals surface area contributed by atoms with Crippen molar-refractivity contribution >= 4 is 11.6 Å². The van der Waals surface area contributed by atoms with Crippen molar-refractivity contribution < 1.29 is 14.5 Å². The molecule has 6 nitrogen and oxygen atoms in total. The van der Waals surface area contributed by atoms with Gasteiger partial charge in [-0.15, -0.1) is 0 Å². The van der Waals surface area contributed by atoms with E-state index in [9.17, 15) is 14.9 Å². The summed E-state index contributed by atoms with van der Waals surface area (Å²) in [4.78, 5) is 22.7. The quantitative estimate of drug-likeness (QED) is 0.477. The molecule has 0 atom stereocenters. The Balaban J connectivity index is 1.64. The van der Waals surface area contributed by atoms with Gasteiger partial charge in [0.05, 0.1) is 4.92 Å². The summed E-state index contributed by atoms with van der Waals surface area (Å²) < 4.78 is 5.35. The second-order valence-corrected chi connectivity index (χ2v) is 6.19. The van der Waals surface area contributed by atoms with Crippen LogP contribution >= 0.6 is 0 Å². The first-order valence-corrected chi connectivity index (χ1v) is 8.88. The highest BCUT2D eigenvalue weighted by atomic mass is 16.6. The average Bonchev–Trinajstić information content (AvgIpc) is 2.74. The number of hydrogen-bond donors (Lipinski definition) is 1. The summed E-state index contributed by atoms with van der Waals surface area (Å²) in [6.07, 6.45) is 0. The Hall–Kier alpha value is -3.67. The zero-order valence-corrected chi connectivity index (χ0v) is 15.2. The summed E-state index contributed by atoms with van der Waals surface area (Å²) in [6.45, 7) is 0.105. The van der Waals surface area contributed by atoms with Crippen LogP contribution in [0, 0.1) is 10.1 Å². The molecule has 0 aromatic heterocycles. The maximum absolute atomic E-state index is 12.3. The van der Waals surface area contributed by atoms with E-state index in [1.165, 1.54) is 12.1 Å². The van der Waals surface area contributed by atoms with Crippen LogP contribution in [0.3, 0.4) is 0 Å². The number of nitrogens with one attached hydrogen (secondary N) is 1. The molecule has 3 rings (SSSR count). The van der Waals surface area contributed by atoms with Crippen LogP contribution in [0.5, 0.6) is 5.75 Å². The van der Waals surface area contributed by atoms with Crippen LogP contribution in [0.4, 0.5) is 5.69 Å². The number of ether oxygens (including phenoxy) is 1. The molecule has 6 heteroatoms. The summed E-state index contributed by atoms with van der Waals surface area (Å²) in [7, 11) is 0. The van der Waals surface area contributed by atoms with Gasteiger partial charge in [0.25, 0.3) is 5.91 Å². The predicted octanol–water partition coefficient (Wildman–Crippen LogP) is 3.92. The van der Waals surface area contributed by atoms with E-state index in [2.05, 4.69) is 5.32 Å². The van der Waals surface area contributed by atoms with Crippen LogP contribution in [0.2, 0.25) is 0 Å². The summed E-state index contributed by atoms with van der Waals surface area (Å²) in [5, 5.41) is 13.9. The molecule has 0 heterocycles. The van der Waals surface area contributed by atoms with Crippen LogP contribution in [0.25, 0.3) is 0 Å². The summed E-state index contributed by atoms with van der Waals surface area (Å²) >= 11 is 0. The third-order valence-electron chi connectivity index (χ3n) is 4.33. The first kappa shape index (κ1) is 19.1. The van der Waals surface area contributed by atoms with Crippen molar-refractivity contribution in [1.82, 2.24) is 5.32 Å². The van der Waals surface area contributed by atoms with Gasteiger partial charge in [-0.05, 0) is 17.2 Å². The molecule has 0 bridgehead atoms. The van der Waals surface area contributed by atoms with Crippen molar-refractivity contribution in [2.24, 2.45) is 0 Å². The maximum atomic E-state index is 12.3. The van der Waals surface area contributed by atoms with Crippen molar-refractivity contribution in [2.45, 2.75) is 5.92 Å². The van der Waals surface area contributed by atoms with Crippen molar-refractivity contribution in [2.75, 3.05) is 13.2 Å². The molecule has 1 amide bonds. The third-order valence-corrected chi connectivity index (χ3v) is 4.33. The van der Waals surface area contributed by atoms with Crippen LogP contribution in [0.15, 0.2) is 84.9 Å². The third kappa shape index (κ3) is 4.94. The van der Waals surface area contributed by atoms with Crippen molar-refractivity contribution in [1.29, 1.82) is 0 Å². The summed E-state index contributed by atoms with van der Waals surface area (Å²) in [6, 6.07) is 25.8. The van der Waals surface area contributed by atoms with Crippen LogP contribution in [-0.4, -0.2) is 24.0 Å². The number of carbonyl (C=O) groups is 1. The lowest BCUT2D eigenvalue weighted by Gasteiger charge is -2.19. The van der Waals surface area contributed by atoms with Crippen molar-refractivity contribution in [3.05, 3.63) is 106 Å². The second kappa shape index (κ2) is 9.32. The van der Waals surface area contributed by atoms with E-state index < -0.39 is 4.92 Å². The highest BCUT2D eigenvalue weighted by molar-refractivity contribution is 5.77. The minimum absolute atomic E-state index is 0.00240. The molecule has 142 valence electrons. The SMILES string of the molecule is O=C(COc1ccccc1[N+](=O)[O-])NCC(c1ccccc1)c1ccccc1. The lowest BCUT2D eigenvalue weighted by molar-refractivity contribution is -0.385. The lowest BCUT2D eigenvalue weighted by Crippen LogP contribution is -2.32. The van der Waals surface area contributed by atoms with E-state index in [1.807, 2.05) is 60.7 Å². The minimum Gasteiger partial charge on any atom is -0.477 e. The first-order valence-electron chi connectivity index (χ1n) is 8.88. The van der Waals surface area contributed by atoms with E-state index in [0.29, 0.717) is 6.54 Å². The number of nitrogens with zero attached hydrogens (tertiary/aromatic N) is 1. The first-order chi connectivity index (χ1) is 13.6. The highest BCUT2D eigenvalue weighted by Gasteiger charge is 2.17. The minimum atomic E-state index is -0.534. The molecule has 0 unspecified atom stereocenters. The van der Waals surface area contributed by atoms with Crippen LogP contribution < -0.4 is 10.1 Å². The highest BCUT2D eigenvalue weighted by Crippen LogP contribution is 2.26. The van der Waals surface area contributed by atoms with Crippen LogP contribution in [0.1, 0.15) is 17.0 Å². The molecule has 0 fully saturated rings. The smallest absolute Gasteiger partial charge is 0.310 e. The normalized spacial score (nSPS) is 10.5. The number of para-hydroxylation sites is 2. The number of rotatable bonds is 8. The Kier molecular flexibility index (Phi) is 6.36. The van der Waals surface area contributed by atoms with E-state index in [1.54, 1.807) is 12.1 Å². The molecule has 28 heavy (non-hydrogen) atoms. The number of carbonyl (C=O) groups excluding carboxylic acids is 1. The fourth-order valence-electron chi connectivity index (χ4n) is 2.94. The zero-order valence-electron chi connectivity index (χ0n) is 15.2. The number of amides is 1. The van der Waals surface area contributed by atoms with E-state index >= 15 is 0 Å². The molecule has 0 aliphatic heterocycles. The molecule has 0 spiro atoms. The maximum Gasteiger partial charge on any atom is 0.310 e. The number of nitro groups is 1. The monoisotopic (exact) mass is 376 g/mol. The Bertz CT molecular complexity index is 890. The Labute approximate surface area is 162 Å². The van der Waals surface area contributed by atoms with E-state index in [0.717, 1.165) is 11.1 Å². The number of nitro benzene ring substituents is 1. The van der Waals surface area contributed by atoms with Gasteiger partial charge in [0.2, 0.25) is 0 Å². The molecule has 0 saturated carbocycles. The van der Waals surface area contributed by atoms with Gasteiger partial charge in [-0.3, -0.25) is 14.9 Å². The van der Waals surface area contributed by atoms with Gasteiger partial charge in [0, 0.05) is 18.5 Å². The summed E-state index contributed by atoms with van der Waals surface area (Å²) in [5.74, 6) is -0.266. The fraction of sp³-hybridized carbons (Fsp3) is 0.136. The second-order valence-electron chi connectivity index (χ2n) is 6.19. The Morgan fingerprint density at radius 2 is 1.43 bits per heavy atom. The van der Waals surface area contributed by atoms with Crippen LogP contribution in [-0.2, 0) is 4.79 Å². The van der Waals surface area contributed by atoms with Crippen molar-refractivity contribution in [3.8, 4) is 5.75 Å². The molecular formula is C22H20N2O4. The Morgan fingerprint density at radius 1 is 0.893 bits per heavy atom. The topological polar surface area (TPSA) is 81.5 Å². The van der Waals surface area contributed by atoms with Gasteiger partial charge in [-0.1, -0.05) is 72.8 Å². The van der Waals surface area contributed by atoms with Crippen molar-refractivity contribution in [3.63, 3.8) is 0 Å². The lowest BCUT2D eigenvalue weighted by atomic mass is 9.91. The molecule has 0 aliphatic carbocycles. The number of hydrogen-bond acceptors (Lipinski definition) is 4. The summed E-state index contributed by atoms with van der Waals surface area (Å²) in [5.41, 5.74) is 2.02. The van der Waals surface area contributed by atoms with Gasteiger partial charge in [0.1, 0.15) is 0 Å². The zero-order chi connectivity index (χ0) is 19.8. The largest absolute Gasteiger partial charge is 0.477 e. The van der Waals surface area contributed by atoms with Gasteiger partial charge in [-0.2, -0.15) is 0 Å². The van der Waals surface area contributed by atoms with Gasteiger partial charge < -0.3 is 10.1 Å². The fourth-order valence-corrected chi connectivity index (χ4v) is 2.94. The Morgan fingerprint density at radius 3 is 2.00 bits per heavy atom. The number of benzene rings is 3. The van der Waals surface area contributed by atoms with Gasteiger partial charge in [-0.25, -0.2) is 0 Å². The van der Waals surface area contributed by atoms with Gasteiger partial charge >= 0.3 is 5.69 Å². The average molecular weight is 376 g/mol. The molecule has 1 N–H and O–H groups in total. The molecular weight excluding hydrogens is 356 g/mol. The molecule has 0 radical (unpaired) electrons. The van der Waals surface area contributed by atoms with E-state index in [-0.39, 0.29) is 29.9 Å². The molecule has 0 saturated heterocycles.